The molecule has 1 aromatic carbocycles. The molecule has 2 N–H and O–H groups in total. The lowest BCUT2D eigenvalue weighted by atomic mass is 10.3. The number of anilines is 1. The molecule has 0 saturated heterocycles. The third-order valence-corrected chi connectivity index (χ3v) is 2.52. The van der Waals surface area contributed by atoms with Crippen molar-refractivity contribution < 1.29 is 19.1 Å². The van der Waals surface area contributed by atoms with Gasteiger partial charge in [0.2, 0.25) is 5.91 Å². The molecule has 0 aliphatic rings. The molecule has 0 atom stereocenters. The molecule has 0 radical (unpaired) electrons. The second-order valence-corrected chi connectivity index (χ2v) is 4.39. The SMILES string of the molecule is CCOC(=O)C=CC(=O)NC(=S)Nc1ccc(OCC)cc1. The summed E-state index contributed by atoms with van der Waals surface area (Å²) in [7, 11) is 0. The largest absolute Gasteiger partial charge is 0.494 e. The molecule has 0 aliphatic heterocycles. The Bertz CT molecular complexity index is 555. The zero-order valence-electron chi connectivity index (χ0n) is 12.4. The quantitative estimate of drug-likeness (QED) is 0.474. The average Bonchev–Trinajstić information content (AvgIpc) is 2.48. The summed E-state index contributed by atoms with van der Waals surface area (Å²) in [5, 5.41) is 5.40. The number of carbonyl (C=O) groups excluding carboxylic acids is 2. The van der Waals surface area contributed by atoms with E-state index in [0.29, 0.717) is 12.3 Å². The maximum atomic E-state index is 11.5. The van der Waals surface area contributed by atoms with Gasteiger partial charge in [-0.1, -0.05) is 0 Å². The molecule has 0 spiro atoms. The number of thiocarbonyl (C=S) groups is 1. The summed E-state index contributed by atoms with van der Waals surface area (Å²) in [6, 6.07) is 7.13. The lowest BCUT2D eigenvalue weighted by molar-refractivity contribution is -0.137. The lowest BCUT2D eigenvalue weighted by Gasteiger charge is -2.09. The van der Waals surface area contributed by atoms with Crippen LogP contribution in [0, 0.1) is 0 Å². The molecule has 22 heavy (non-hydrogen) atoms. The van der Waals surface area contributed by atoms with Crippen LogP contribution in [0.4, 0.5) is 5.69 Å². The first-order valence-corrected chi connectivity index (χ1v) is 7.15. The number of carbonyl (C=O) groups is 2. The van der Waals surface area contributed by atoms with Gasteiger partial charge in [-0.3, -0.25) is 10.1 Å². The molecule has 0 saturated carbocycles. The predicted molar refractivity (Wildman–Crippen MR) is 87.7 cm³/mol. The van der Waals surface area contributed by atoms with Gasteiger partial charge < -0.3 is 14.8 Å². The molecule has 0 aromatic heterocycles. The van der Waals surface area contributed by atoms with E-state index in [4.69, 9.17) is 17.0 Å². The molecular formula is C15H18N2O4S. The number of rotatable bonds is 6. The van der Waals surface area contributed by atoms with E-state index in [1.54, 1.807) is 31.2 Å². The van der Waals surface area contributed by atoms with Crippen molar-refractivity contribution in [3.63, 3.8) is 0 Å². The maximum Gasteiger partial charge on any atom is 0.330 e. The van der Waals surface area contributed by atoms with Gasteiger partial charge in [0.05, 0.1) is 13.2 Å². The standard InChI is InChI=1S/C15H18N2O4S/c1-3-20-12-7-5-11(6-8-12)16-15(22)17-13(18)9-10-14(19)21-4-2/h5-10H,3-4H2,1-2H3,(H2,16,17,18,22). The second-order valence-electron chi connectivity index (χ2n) is 3.99. The van der Waals surface area contributed by atoms with Gasteiger partial charge in [0.1, 0.15) is 5.75 Å². The third kappa shape index (κ3) is 6.85. The first-order valence-electron chi connectivity index (χ1n) is 6.74. The normalized spacial score (nSPS) is 10.1. The van der Waals surface area contributed by atoms with E-state index in [0.717, 1.165) is 17.9 Å². The maximum absolute atomic E-state index is 11.5. The van der Waals surface area contributed by atoms with Crippen molar-refractivity contribution >= 4 is 34.9 Å². The Morgan fingerprint density at radius 3 is 2.41 bits per heavy atom. The van der Waals surface area contributed by atoms with Crippen LogP contribution in [0.25, 0.3) is 0 Å². The van der Waals surface area contributed by atoms with E-state index >= 15 is 0 Å². The van der Waals surface area contributed by atoms with Crippen molar-refractivity contribution in [1.29, 1.82) is 0 Å². The topological polar surface area (TPSA) is 76.7 Å². The molecule has 0 aliphatic carbocycles. The molecule has 1 rings (SSSR count). The highest BCUT2D eigenvalue weighted by Crippen LogP contribution is 2.15. The molecule has 1 aromatic rings. The van der Waals surface area contributed by atoms with Crippen LogP contribution in [-0.4, -0.2) is 30.2 Å². The van der Waals surface area contributed by atoms with Gasteiger partial charge in [-0.05, 0) is 50.3 Å². The summed E-state index contributed by atoms with van der Waals surface area (Å²) in [6.07, 6.45) is 2.10. The summed E-state index contributed by atoms with van der Waals surface area (Å²) in [4.78, 5) is 22.6. The second kappa shape index (κ2) is 9.51. The van der Waals surface area contributed by atoms with Gasteiger partial charge >= 0.3 is 5.97 Å². The monoisotopic (exact) mass is 322 g/mol. The van der Waals surface area contributed by atoms with Crippen molar-refractivity contribution in [3.8, 4) is 5.75 Å². The third-order valence-electron chi connectivity index (χ3n) is 2.32. The van der Waals surface area contributed by atoms with E-state index in [9.17, 15) is 9.59 Å². The summed E-state index contributed by atoms with van der Waals surface area (Å²) < 4.78 is 9.98. The van der Waals surface area contributed by atoms with Gasteiger partial charge in [0.25, 0.3) is 0 Å². The zero-order chi connectivity index (χ0) is 16.4. The highest BCUT2D eigenvalue weighted by molar-refractivity contribution is 7.80. The number of esters is 1. The number of hydrogen-bond donors (Lipinski definition) is 2. The Labute approximate surface area is 134 Å². The van der Waals surface area contributed by atoms with E-state index < -0.39 is 11.9 Å². The molecule has 0 fully saturated rings. The molecule has 6 nitrogen and oxygen atoms in total. The van der Waals surface area contributed by atoms with E-state index in [-0.39, 0.29) is 11.7 Å². The minimum Gasteiger partial charge on any atom is -0.494 e. The summed E-state index contributed by atoms with van der Waals surface area (Å²) in [6.45, 7) is 4.43. The number of ether oxygens (including phenoxy) is 2. The van der Waals surface area contributed by atoms with E-state index in [1.165, 1.54) is 0 Å². The van der Waals surface area contributed by atoms with Crippen molar-refractivity contribution in [3.05, 3.63) is 36.4 Å². The van der Waals surface area contributed by atoms with Crippen LogP contribution < -0.4 is 15.4 Å². The molecular weight excluding hydrogens is 304 g/mol. The fourth-order valence-corrected chi connectivity index (χ4v) is 1.67. The van der Waals surface area contributed by atoms with Crippen LogP contribution in [0.15, 0.2) is 36.4 Å². The Morgan fingerprint density at radius 2 is 1.82 bits per heavy atom. The summed E-state index contributed by atoms with van der Waals surface area (Å²) >= 11 is 5.00. The highest BCUT2D eigenvalue weighted by atomic mass is 32.1. The smallest absolute Gasteiger partial charge is 0.330 e. The van der Waals surface area contributed by atoms with E-state index in [1.807, 2.05) is 6.92 Å². The van der Waals surface area contributed by atoms with Crippen LogP contribution in [0.2, 0.25) is 0 Å². The summed E-state index contributed by atoms with van der Waals surface area (Å²) in [5.41, 5.74) is 0.711. The Kier molecular flexibility index (Phi) is 7.63. The van der Waals surface area contributed by atoms with Crippen LogP contribution in [0.5, 0.6) is 5.75 Å². The minimum atomic E-state index is -0.581. The fourth-order valence-electron chi connectivity index (χ4n) is 1.45. The van der Waals surface area contributed by atoms with Gasteiger partial charge in [0, 0.05) is 17.8 Å². The molecule has 118 valence electrons. The predicted octanol–water partition coefficient (Wildman–Crippen LogP) is 2.02. The molecule has 7 heteroatoms. The number of amides is 1. The minimum absolute atomic E-state index is 0.127. The summed E-state index contributed by atoms with van der Waals surface area (Å²) in [5.74, 6) is -0.347. The Hall–Kier alpha value is -2.41. The molecule has 0 unspecified atom stereocenters. The van der Waals surface area contributed by atoms with Gasteiger partial charge in [-0.15, -0.1) is 0 Å². The van der Waals surface area contributed by atoms with Crippen LogP contribution in [-0.2, 0) is 14.3 Å². The lowest BCUT2D eigenvalue weighted by Crippen LogP contribution is -2.32. The first kappa shape index (κ1) is 17.6. The highest BCUT2D eigenvalue weighted by Gasteiger charge is 2.03. The van der Waals surface area contributed by atoms with Crippen molar-refractivity contribution in [2.24, 2.45) is 0 Å². The number of hydrogen-bond acceptors (Lipinski definition) is 5. The fraction of sp³-hybridized carbons (Fsp3) is 0.267. The van der Waals surface area contributed by atoms with Crippen LogP contribution >= 0.6 is 12.2 Å². The Morgan fingerprint density at radius 1 is 1.14 bits per heavy atom. The first-order chi connectivity index (χ1) is 10.5. The molecule has 1 amide bonds. The van der Waals surface area contributed by atoms with Crippen molar-refractivity contribution in [1.82, 2.24) is 5.32 Å². The molecule has 0 bridgehead atoms. The average molecular weight is 322 g/mol. The van der Waals surface area contributed by atoms with Crippen molar-refractivity contribution in [2.45, 2.75) is 13.8 Å². The van der Waals surface area contributed by atoms with Crippen LogP contribution in [0.1, 0.15) is 13.8 Å². The van der Waals surface area contributed by atoms with Crippen LogP contribution in [0.3, 0.4) is 0 Å². The zero-order valence-corrected chi connectivity index (χ0v) is 13.2. The number of benzene rings is 1. The van der Waals surface area contributed by atoms with Gasteiger partial charge in [0.15, 0.2) is 5.11 Å². The van der Waals surface area contributed by atoms with E-state index in [2.05, 4.69) is 15.4 Å². The number of nitrogens with one attached hydrogen (secondary N) is 2. The molecule has 0 heterocycles. The van der Waals surface area contributed by atoms with Crippen molar-refractivity contribution in [2.75, 3.05) is 18.5 Å². The Balaban J connectivity index is 2.45. The van der Waals surface area contributed by atoms with Gasteiger partial charge in [-0.2, -0.15) is 0 Å². The van der Waals surface area contributed by atoms with Gasteiger partial charge in [-0.25, -0.2) is 4.79 Å².